The van der Waals surface area contributed by atoms with Crippen molar-refractivity contribution in [2.24, 2.45) is 10.9 Å². The number of nitrogens with two attached hydrogens (primary N) is 1. The summed E-state index contributed by atoms with van der Waals surface area (Å²) in [5, 5.41) is 11.0. The van der Waals surface area contributed by atoms with Gasteiger partial charge in [-0.2, -0.15) is 18.4 Å². The smallest absolute Gasteiger partial charge is 0.447 e. The van der Waals surface area contributed by atoms with E-state index in [2.05, 4.69) is 15.7 Å². The fraction of sp³-hybridized carbons (Fsp3) is 0.250. The minimum Gasteiger partial charge on any atom is -0.447 e. The van der Waals surface area contributed by atoms with E-state index in [1.54, 1.807) is 6.07 Å². The summed E-state index contributed by atoms with van der Waals surface area (Å²) in [7, 11) is 0. The molecule has 0 atom stereocenters. The highest BCUT2D eigenvalue weighted by Gasteiger charge is 2.34. The van der Waals surface area contributed by atoms with Gasteiger partial charge in [-0.1, -0.05) is 5.16 Å². The van der Waals surface area contributed by atoms with Gasteiger partial charge < -0.3 is 15.0 Å². The summed E-state index contributed by atoms with van der Waals surface area (Å²) in [5.41, 5.74) is 4.56. The Kier molecular flexibility index (Phi) is 3.40. The standard InChI is InChI=1S/C8H6F3N3O2/c9-8(10,11)7(13)14-15-4-6-2-1-5(3-12)16-6/h1-2H,4H2,(H2,13,14). The number of rotatable bonds is 3. The molecule has 0 aliphatic heterocycles. The first kappa shape index (κ1) is 11.9. The molecule has 0 spiro atoms. The molecule has 1 rings (SSSR count). The van der Waals surface area contributed by atoms with E-state index >= 15 is 0 Å². The Morgan fingerprint density at radius 1 is 1.56 bits per heavy atom. The van der Waals surface area contributed by atoms with Crippen molar-refractivity contribution in [3.8, 4) is 6.07 Å². The van der Waals surface area contributed by atoms with Gasteiger partial charge in [0.05, 0.1) is 0 Å². The maximum Gasteiger partial charge on any atom is 0.452 e. The van der Waals surface area contributed by atoms with Crippen molar-refractivity contribution in [2.75, 3.05) is 0 Å². The van der Waals surface area contributed by atoms with Crippen LogP contribution in [0.2, 0.25) is 0 Å². The first-order chi connectivity index (χ1) is 7.43. The van der Waals surface area contributed by atoms with Crippen LogP contribution in [-0.2, 0) is 11.4 Å². The highest BCUT2D eigenvalue weighted by atomic mass is 19.4. The van der Waals surface area contributed by atoms with Crippen LogP contribution in [0.15, 0.2) is 21.7 Å². The number of furan rings is 1. The van der Waals surface area contributed by atoms with Gasteiger partial charge in [0, 0.05) is 0 Å². The quantitative estimate of drug-likeness (QED) is 0.487. The Balaban J connectivity index is 2.50. The van der Waals surface area contributed by atoms with Crippen LogP contribution < -0.4 is 5.73 Å². The average molecular weight is 233 g/mol. The predicted molar refractivity (Wildman–Crippen MR) is 45.9 cm³/mol. The minimum atomic E-state index is -4.72. The third-order valence-electron chi connectivity index (χ3n) is 1.43. The summed E-state index contributed by atoms with van der Waals surface area (Å²) < 4.78 is 40.3. The first-order valence-electron chi connectivity index (χ1n) is 3.95. The summed E-state index contributed by atoms with van der Waals surface area (Å²) in [6.07, 6.45) is -4.72. The predicted octanol–water partition coefficient (Wildman–Crippen LogP) is 1.50. The van der Waals surface area contributed by atoms with E-state index < -0.39 is 12.0 Å². The number of nitrogens with zero attached hydrogens (tertiary/aromatic N) is 2. The molecule has 0 aliphatic rings. The van der Waals surface area contributed by atoms with Crippen molar-refractivity contribution in [2.45, 2.75) is 12.8 Å². The molecule has 0 radical (unpaired) electrons. The van der Waals surface area contributed by atoms with Gasteiger partial charge in [-0.25, -0.2) is 0 Å². The number of amidine groups is 1. The number of hydrogen-bond acceptors (Lipinski definition) is 4. The van der Waals surface area contributed by atoms with Crippen molar-refractivity contribution in [3.05, 3.63) is 23.7 Å². The molecule has 1 aromatic rings. The van der Waals surface area contributed by atoms with Gasteiger partial charge in [0.25, 0.3) is 0 Å². The molecule has 1 aromatic heterocycles. The molecular formula is C8H6F3N3O2. The maximum absolute atomic E-state index is 11.8. The molecule has 0 aliphatic carbocycles. The number of hydrogen-bond donors (Lipinski definition) is 1. The van der Waals surface area contributed by atoms with Crippen LogP contribution in [0, 0.1) is 11.3 Å². The number of halogens is 3. The Hall–Kier alpha value is -2.17. The van der Waals surface area contributed by atoms with Gasteiger partial charge in [0.2, 0.25) is 11.6 Å². The fourth-order valence-electron chi connectivity index (χ4n) is 0.733. The molecule has 86 valence electrons. The summed E-state index contributed by atoms with van der Waals surface area (Å²) in [6, 6.07) is 4.45. The Morgan fingerprint density at radius 3 is 2.75 bits per heavy atom. The second-order valence-electron chi connectivity index (χ2n) is 2.63. The number of alkyl halides is 3. The van der Waals surface area contributed by atoms with Crippen LogP contribution in [0.1, 0.15) is 11.5 Å². The van der Waals surface area contributed by atoms with E-state index in [0.29, 0.717) is 0 Å². The van der Waals surface area contributed by atoms with Gasteiger partial charge >= 0.3 is 6.18 Å². The van der Waals surface area contributed by atoms with Crippen LogP contribution in [0.4, 0.5) is 13.2 Å². The first-order valence-corrected chi connectivity index (χ1v) is 3.95. The lowest BCUT2D eigenvalue weighted by Gasteiger charge is -2.03. The van der Waals surface area contributed by atoms with Crippen LogP contribution in [0.25, 0.3) is 0 Å². The van der Waals surface area contributed by atoms with E-state index in [0.717, 1.165) is 0 Å². The van der Waals surface area contributed by atoms with Crippen molar-refractivity contribution >= 4 is 5.84 Å². The second kappa shape index (κ2) is 4.57. The SMILES string of the molecule is N#Cc1ccc(CO/N=C(\N)C(F)(F)F)o1. The van der Waals surface area contributed by atoms with Gasteiger partial charge in [-0.05, 0) is 12.1 Å². The Morgan fingerprint density at radius 2 is 2.25 bits per heavy atom. The molecule has 2 N–H and O–H groups in total. The van der Waals surface area contributed by atoms with E-state index in [4.69, 9.17) is 9.68 Å². The number of oxime groups is 1. The van der Waals surface area contributed by atoms with Crippen molar-refractivity contribution in [1.29, 1.82) is 5.26 Å². The zero-order valence-electron chi connectivity index (χ0n) is 7.78. The maximum atomic E-state index is 11.8. The van der Waals surface area contributed by atoms with Crippen molar-refractivity contribution in [1.82, 2.24) is 0 Å². The molecule has 5 nitrogen and oxygen atoms in total. The highest BCUT2D eigenvalue weighted by molar-refractivity contribution is 5.85. The van der Waals surface area contributed by atoms with Crippen molar-refractivity contribution < 1.29 is 22.4 Å². The van der Waals surface area contributed by atoms with E-state index in [1.165, 1.54) is 12.1 Å². The molecule has 0 unspecified atom stereocenters. The van der Waals surface area contributed by atoms with Crippen LogP contribution in [-0.4, -0.2) is 12.0 Å². The van der Waals surface area contributed by atoms with Gasteiger partial charge in [-0.15, -0.1) is 0 Å². The molecule has 16 heavy (non-hydrogen) atoms. The highest BCUT2D eigenvalue weighted by Crippen LogP contribution is 2.15. The summed E-state index contributed by atoms with van der Waals surface area (Å²) >= 11 is 0. The lowest BCUT2D eigenvalue weighted by molar-refractivity contribution is -0.0639. The molecule has 0 bridgehead atoms. The lowest BCUT2D eigenvalue weighted by atomic mass is 10.4. The minimum absolute atomic E-state index is 0.0337. The molecule has 8 heteroatoms. The Labute approximate surface area is 87.9 Å². The third-order valence-corrected chi connectivity index (χ3v) is 1.43. The summed E-state index contributed by atoms with van der Waals surface area (Å²) in [5.74, 6) is -1.37. The third kappa shape index (κ3) is 3.20. The molecule has 0 aromatic carbocycles. The topological polar surface area (TPSA) is 84.5 Å². The van der Waals surface area contributed by atoms with E-state index in [-0.39, 0.29) is 18.1 Å². The molecule has 0 saturated carbocycles. The average Bonchev–Trinajstić information content (AvgIpc) is 2.64. The molecule has 1 heterocycles. The van der Waals surface area contributed by atoms with Gasteiger partial charge in [0.1, 0.15) is 11.8 Å². The molecular weight excluding hydrogens is 227 g/mol. The zero-order chi connectivity index (χ0) is 12.2. The number of nitriles is 1. The Bertz CT molecular complexity index is 430. The zero-order valence-corrected chi connectivity index (χ0v) is 7.78. The van der Waals surface area contributed by atoms with Gasteiger partial charge in [-0.3, -0.25) is 0 Å². The van der Waals surface area contributed by atoms with Crippen LogP contribution >= 0.6 is 0 Å². The molecule has 0 amide bonds. The van der Waals surface area contributed by atoms with E-state index in [9.17, 15) is 13.2 Å². The second-order valence-corrected chi connectivity index (χ2v) is 2.63. The fourth-order valence-corrected chi connectivity index (χ4v) is 0.733. The monoisotopic (exact) mass is 233 g/mol. The van der Waals surface area contributed by atoms with E-state index in [1.807, 2.05) is 0 Å². The van der Waals surface area contributed by atoms with Crippen LogP contribution in [0.3, 0.4) is 0 Å². The van der Waals surface area contributed by atoms with Gasteiger partial charge in [0.15, 0.2) is 6.61 Å². The molecule has 0 saturated heterocycles. The largest absolute Gasteiger partial charge is 0.452 e. The molecule has 0 fully saturated rings. The lowest BCUT2D eigenvalue weighted by Crippen LogP contribution is -2.31. The van der Waals surface area contributed by atoms with Crippen molar-refractivity contribution in [3.63, 3.8) is 0 Å². The summed E-state index contributed by atoms with van der Waals surface area (Å²) in [4.78, 5) is 4.31. The normalized spacial score (nSPS) is 12.2. The summed E-state index contributed by atoms with van der Waals surface area (Å²) in [6.45, 7) is -0.335. The van der Waals surface area contributed by atoms with Crippen LogP contribution in [0.5, 0.6) is 0 Å².